The van der Waals surface area contributed by atoms with Crippen LogP contribution in [0.15, 0.2) is 48.9 Å². The molecule has 0 N–H and O–H groups in total. The van der Waals surface area contributed by atoms with Crippen LogP contribution in [-0.4, -0.2) is 50.8 Å². The minimum absolute atomic E-state index is 0.238. The minimum Gasteiger partial charge on any atom is -0.338 e. The number of anilines is 1. The van der Waals surface area contributed by atoms with Crippen LogP contribution in [0.1, 0.15) is 5.56 Å². The standard InChI is InChI=1S/C19H21FN6/c1-24-13-15(18(23-24)16-5-2-3-6-17(16)20)14-25-9-11-26(12-10-25)19-21-7-4-8-22-19/h2-8,13H,9-12,14H2,1H3. The lowest BCUT2D eigenvalue weighted by Crippen LogP contribution is -2.46. The van der Waals surface area contributed by atoms with Crippen LogP contribution in [-0.2, 0) is 13.6 Å². The fraction of sp³-hybridized carbons (Fsp3) is 0.316. The number of hydrogen-bond donors (Lipinski definition) is 0. The van der Waals surface area contributed by atoms with Gasteiger partial charge < -0.3 is 4.90 Å². The molecule has 0 aliphatic carbocycles. The topological polar surface area (TPSA) is 50.1 Å². The summed E-state index contributed by atoms with van der Waals surface area (Å²) in [6, 6.07) is 8.63. The summed E-state index contributed by atoms with van der Waals surface area (Å²) in [5, 5.41) is 4.49. The molecule has 4 rings (SSSR count). The van der Waals surface area contributed by atoms with Gasteiger partial charge in [0.2, 0.25) is 5.95 Å². The number of piperazine rings is 1. The van der Waals surface area contributed by atoms with Crippen LogP contribution < -0.4 is 4.90 Å². The molecule has 1 aliphatic rings. The van der Waals surface area contributed by atoms with Gasteiger partial charge in [0.25, 0.3) is 0 Å². The van der Waals surface area contributed by atoms with E-state index in [0.29, 0.717) is 5.56 Å². The number of aryl methyl sites for hydroxylation is 1. The predicted molar refractivity (Wildman–Crippen MR) is 98.1 cm³/mol. The summed E-state index contributed by atoms with van der Waals surface area (Å²) in [5.74, 6) is 0.541. The lowest BCUT2D eigenvalue weighted by atomic mass is 10.1. The second-order valence-corrected chi connectivity index (χ2v) is 6.47. The number of hydrogen-bond acceptors (Lipinski definition) is 5. The molecule has 0 atom stereocenters. The molecule has 1 aliphatic heterocycles. The van der Waals surface area contributed by atoms with Crippen molar-refractivity contribution in [2.24, 2.45) is 7.05 Å². The van der Waals surface area contributed by atoms with Crippen LogP contribution in [0.25, 0.3) is 11.3 Å². The van der Waals surface area contributed by atoms with Crippen molar-refractivity contribution in [1.29, 1.82) is 0 Å². The Morgan fingerprint density at radius 3 is 2.46 bits per heavy atom. The van der Waals surface area contributed by atoms with E-state index in [-0.39, 0.29) is 5.82 Å². The van der Waals surface area contributed by atoms with Gasteiger partial charge in [-0.3, -0.25) is 9.58 Å². The SMILES string of the molecule is Cn1cc(CN2CCN(c3ncccn3)CC2)c(-c2ccccc2F)n1. The van der Waals surface area contributed by atoms with Crippen molar-refractivity contribution < 1.29 is 4.39 Å². The van der Waals surface area contributed by atoms with E-state index in [9.17, 15) is 4.39 Å². The molecule has 2 aromatic heterocycles. The molecule has 0 amide bonds. The van der Waals surface area contributed by atoms with Gasteiger partial charge in [-0.25, -0.2) is 14.4 Å². The Morgan fingerprint density at radius 2 is 1.73 bits per heavy atom. The molecular weight excluding hydrogens is 331 g/mol. The van der Waals surface area contributed by atoms with Crippen LogP contribution >= 0.6 is 0 Å². The summed E-state index contributed by atoms with van der Waals surface area (Å²) in [6.07, 6.45) is 5.52. The van der Waals surface area contributed by atoms with Gasteiger partial charge in [0.05, 0.1) is 5.69 Å². The van der Waals surface area contributed by atoms with Gasteiger partial charge in [0.15, 0.2) is 0 Å². The number of nitrogens with zero attached hydrogens (tertiary/aromatic N) is 6. The Bertz CT molecular complexity index is 871. The number of rotatable bonds is 4. The van der Waals surface area contributed by atoms with Crippen LogP contribution in [0.2, 0.25) is 0 Å². The smallest absolute Gasteiger partial charge is 0.225 e. The van der Waals surface area contributed by atoms with Crippen LogP contribution in [0, 0.1) is 5.82 Å². The van der Waals surface area contributed by atoms with E-state index in [2.05, 4.69) is 24.9 Å². The zero-order valence-corrected chi connectivity index (χ0v) is 14.7. The number of aromatic nitrogens is 4. The minimum atomic E-state index is -0.238. The predicted octanol–water partition coefficient (Wildman–Crippen LogP) is 2.34. The second-order valence-electron chi connectivity index (χ2n) is 6.47. The zero-order chi connectivity index (χ0) is 17.9. The molecule has 3 heterocycles. The first-order valence-electron chi connectivity index (χ1n) is 8.72. The molecule has 7 heteroatoms. The van der Waals surface area contributed by atoms with Crippen molar-refractivity contribution in [2.45, 2.75) is 6.54 Å². The fourth-order valence-corrected chi connectivity index (χ4v) is 3.33. The summed E-state index contributed by atoms with van der Waals surface area (Å²) in [4.78, 5) is 13.2. The fourth-order valence-electron chi connectivity index (χ4n) is 3.33. The van der Waals surface area contributed by atoms with Crippen molar-refractivity contribution in [3.05, 3.63) is 60.3 Å². The highest BCUT2D eigenvalue weighted by molar-refractivity contribution is 5.63. The van der Waals surface area contributed by atoms with Crippen molar-refractivity contribution in [3.8, 4) is 11.3 Å². The lowest BCUT2D eigenvalue weighted by Gasteiger charge is -2.34. The molecular formula is C19H21FN6. The van der Waals surface area contributed by atoms with E-state index >= 15 is 0 Å². The van der Waals surface area contributed by atoms with Crippen molar-refractivity contribution in [2.75, 3.05) is 31.1 Å². The Kier molecular flexibility index (Phi) is 4.62. The van der Waals surface area contributed by atoms with Gasteiger partial charge in [0.1, 0.15) is 5.82 Å². The first-order valence-corrected chi connectivity index (χ1v) is 8.72. The van der Waals surface area contributed by atoms with E-state index in [1.807, 2.05) is 25.4 Å². The van der Waals surface area contributed by atoms with Crippen molar-refractivity contribution in [3.63, 3.8) is 0 Å². The van der Waals surface area contributed by atoms with Gasteiger partial charge in [-0.1, -0.05) is 12.1 Å². The first kappa shape index (κ1) is 16.7. The maximum Gasteiger partial charge on any atom is 0.225 e. The van der Waals surface area contributed by atoms with E-state index in [4.69, 9.17) is 0 Å². The third kappa shape index (κ3) is 3.43. The number of benzene rings is 1. The van der Waals surface area contributed by atoms with Crippen LogP contribution in [0.5, 0.6) is 0 Å². The van der Waals surface area contributed by atoms with Gasteiger partial charge in [-0.05, 0) is 18.2 Å². The van der Waals surface area contributed by atoms with Gasteiger partial charge in [-0.2, -0.15) is 5.10 Å². The summed E-state index contributed by atoms with van der Waals surface area (Å²) < 4.78 is 16.0. The molecule has 26 heavy (non-hydrogen) atoms. The third-order valence-corrected chi connectivity index (χ3v) is 4.63. The average molecular weight is 352 g/mol. The van der Waals surface area contributed by atoms with Gasteiger partial charge in [0, 0.05) is 69.5 Å². The molecule has 134 valence electrons. The monoisotopic (exact) mass is 352 g/mol. The molecule has 1 fully saturated rings. The molecule has 3 aromatic rings. The Balaban J connectivity index is 1.47. The van der Waals surface area contributed by atoms with E-state index in [0.717, 1.165) is 49.9 Å². The molecule has 0 unspecified atom stereocenters. The molecule has 0 spiro atoms. The molecule has 0 radical (unpaired) electrons. The molecule has 0 bridgehead atoms. The molecule has 0 saturated carbocycles. The van der Waals surface area contributed by atoms with Crippen molar-refractivity contribution >= 4 is 5.95 Å². The van der Waals surface area contributed by atoms with Crippen LogP contribution in [0.4, 0.5) is 10.3 Å². The average Bonchev–Trinajstić information content (AvgIpc) is 3.03. The zero-order valence-electron chi connectivity index (χ0n) is 14.7. The van der Waals surface area contributed by atoms with E-state index in [1.54, 1.807) is 29.2 Å². The Hall–Kier alpha value is -2.80. The molecule has 1 saturated heterocycles. The summed E-state index contributed by atoms with van der Waals surface area (Å²) in [7, 11) is 1.87. The summed E-state index contributed by atoms with van der Waals surface area (Å²) in [6.45, 7) is 4.31. The second kappa shape index (κ2) is 7.21. The lowest BCUT2D eigenvalue weighted by molar-refractivity contribution is 0.249. The van der Waals surface area contributed by atoms with E-state index < -0.39 is 0 Å². The number of halogens is 1. The maximum absolute atomic E-state index is 14.2. The van der Waals surface area contributed by atoms with Crippen molar-refractivity contribution in [1.82, 2.24) is 24.6 Å². The first-order chi connectivity index (χ1) is 12.7. The third-order valence-electron chi connectivity index (χ3n) is 4.63. The largest absolute Gasteiger partial charge is 0.338 e. The van der Waals surface area contributed by atoms with Gasteiger partial charge >= 0.3 is 0 Å². The Labute approximate surface area is 151 Å². The highest BCUT2D eigenvalue weighted by atomic mass is 19.1. The van der Waals surface area contributed by atoms with E-state index in [1.165, 1.54) is 6.07 Å². The normalized spacial score (nSPS) is 15.4. The quantitative estimate of drug-likeness (QED) is 0.721. The van der Waals surface area contributed by atoms with Crippen LogP contribution in [0.3, 0.4) is 0 Å². The molecule has 1 aromatic carbocycles. The maximum atomic E-state index is 14.2. The van der Waals surface area contributed by atoms with Gasteiger partial charge in [-0.15, -0.1) is 0 Å². The Morgan fingerprint density at radius 1 is 1.00 bits per heavy atom. The molecule has 6 nitrogen and oxygen atoms in total. The highest BCUT2D eigenvalue weighted by Gasteiger charge is 2.21. The summed E-state index contributed by atoms with van der Waals surface area (Å²) >= 11 is 0. The highest BCUT2D eigenvalue weighted by Crippen LogP contribution is 2.26. The summed E-state index contributed by atoms with van der Waals surface area (Å²) in [5.41, 5.74) is 2.32.